The smallest absolute Gasteiger partial charge is 0.348 e. The number of carbonyl (C=O) groups is 1. The number of nitrogens with one attached hydrogen (secondary N) is 1. The fourth-order valence-electron chi connectivity index (χ4n) is 1.41. The highest BCUT2D eigenvalue weighted by Crippen LogP contribution is 2.29. The summed E-state index contributed by atoms with van der Waals surface area (Å²) in [6.45, 7) is 3.17. The Kier molecular flexibility index (Phi) is 4.09. The van der Waals surface area contributed by atoms with E-state index < -0.39 is 11.7 Å². The first-order valence-corrected chi connectivity index (χ1v) is 5.14. The van der Waals surface area contributed by atoms with E-state index >= 15 is 0 Å². The molecule has 0 aromatic carbocycles. The van der Waals surface area contributed by atoms with Gasteiger partial charge in [0.05, 0.1) is 17.3 Å². The minimum atomic E-state index is -4.39. The Morgan fingerprint density at radius 3 is 2.47 bits per heavy atom. The molecule has 0 saturated carbocycles. The van der Waals surface area contributed by atoms with Crippen molar-refractivity contribution in [2.24, 2.45) is 0 Å². The molecule has 0 aliphatic carbocycles. The molecule has 0 saturated heterocycles. The third-order valence-electron chi connectivity index (χ3n) is 2.26. The van der Waals surface area contributed by atoms with Crippen molar-refractivity contribution in [1.82, 2.24) is 10.3 Å². The van der Waals surface area contributed by atoms with E-state index in [0.29, 0.717) is 12.1 Å². The zero-order valence-corrected chi connectivity index (χ0v) is 9.51. The van der Waals surface area contributed by atoms with Gasteiger partial charge in [-0.05, 0) is 18.6 Å². The number of hydrogen-bond acceptors (Lipinski definition) is 2. The van der Waals surface area contributed by atoms with Gasteiger partial charge in [0.15, 0.2) is 0 Å². The largest absolute Gasteiger partial charge is 0.417 e. The van der Waals surface area contributed by atoms with E-state index in [-0.39, 0.29) is 11.9 Å². The van der Waals surface area contributed by atoms with Crippen molar-refractivity contribution in [1.29, 1.82) is 0 Å². The van der Waals surface area contributed by atoms with Crippen molar-refractivity contribution >= 4 is 5.91 Å². The predicted octanol–water partition coefficient (Wildman–Crippen LogP) is 2.69. The van der Waals surface area contributed by atoms with Gasteiger partial charge in [-0.3, -0.25) is 9.78 Å². The number of carbonyl (C=O) groups excluding carboxylic acids is 1. The highest BCUT2D eigenvalue weighted by molar-refractivity contribution is 5.73. The second-order valence-corrected chi connectivity index (χ2v) is 3.63. The summed E-state index contributed by atoms with van der Waals surface area (Å²) in [5, 5.41) is 2.62. The summed E-state index contributed by atoms with van der Waals surface area (Å²) in [4.78, 5) is 14.6. The molecule has 1 amide bonds. The van der Waals surface area contributed by atoms with Gasteiger partial charge in [-0.25, -0.2) is 0 Å². The SMILES string of the molecule is CCC(NC(C)=O)c1ccc(C(F)(F)F)cn1. The summed E-state index contributed by atoms with van der Waals surface area (Å²) in [6, 6.07) is 1.90. The van der Waals surface area contributed by atoms with Gasteiger partial charge in [-0.2, -0.15) is 13.2 Å². The Bertz CT molecular complexity index is 387. The van der Waals surface area contributed by atoms with Crippen molar-refractivity contribution in [2.45, 2.75) is 32.5 Å². The first-order chi connectivity index (χ1) is 7.84. The van der Waals surface area contributed by atoms with Crippen LogP contribution in [0.15, 0.2) is 18.3 Å². The average Bonchev–Trinajstić information content (AvgIpc) is 2.24. The number of hydrogen-bond donors (Lipinski definition) is 1. The summed E-state index contributed by atoms with van der Waals surface area (Å²) < 4.78 is 36.9. The van der Waals surface area contributed by atoms with E-state index in [4.69, 9.17) is 0 Å². The van der Waals surface area contributed by atoms with Crippen LogP contribution in [0.1, 0.15) is 37.6 Å². The fraction of sp³-hybridized carbons (Fsp3) is 0.455. The maximum atomic E-state index is 12.3. The quantitative estimate of drug-likeness (QED) is 0.890. The lowest BCUT2D eigenvalue weighted by Crippen LogP contribution is -2.26. The molecule has 94 valence electrons. The van der Waals surface area contributed by atoms with Crippen LogP contribution in [0, 0.1) is 0 Å². The minimum absolute atomic E-state index is 0.237. The topological polar surface area (TPSA) is 42.0 Å². The molecule has 6 heteroatoms. The van der Waals surface area contributed by atoms with Gasteiger partial charge >= 0.3 is 6.18 Å². The number of halogens is 3. The average molecular weight is 246 g/mol. The maximum Gasteiger partial charge on any atom is 0.417 e. The lowest BCUT2D eigenvalue weighted by Gasteiger charge is -2.15. The molecule has 0 aliphatic rings. The van der Waals surface area contributed by atoms with Crippen LogP contribution in [-0.4, -0.2) is 10.9 Å². The first-order valence-electron chi connectivity index (χ1n) is 5.14. The van der Waals surface area contributed by atoms with Gasteiger partial charge in [-0.1, -0.05) is 6.92 Å². The molecule has 1 unspecified atom stereocenters. The Hall–Kier alpha value is -1.59. The van der Waals surface area contributed by atoms with Gasteiger partial charge in [0.25, 0.3) is 0 Å². The van der Waals surface area contributed by atoms with E-state index in [2.05, 4.69) is 10.3 Å². The fourth-order valence-corrected chi connectivity index (χ4v) is 1.41. The molecule has 3 nitrogen and oxygen atoms in total. The van der Waals surface area contributed by atoms with E-state index in [1.165, 1.54) is 13.0 Å². The zero-order valence-electron chi connectivity index (χ0n) is 9.51. The van der Waals surface area contributed by atoms with Gasteiger partial charge in [-0.15, -0.1) is 0 Å². The minimum Gasteiger partial charge on any atom is -0.348 e. The lowest BCUT2D eigenvalue weighted by molar-refractivity contribution is -0.137. The normalized spacial score (nSPS) is 13.2. The molecule has 1 atom stereocenters. The standard InChI is InChI=1S/C11H13F3N2O/c1-3-9(16-7(2)17)10-5-4-8(6-15-10)11(12,13)14/h4-6,9H,3H2,1-2H3,(H,16,17). The van der Waals surface area contributed by atoms with E-state index in [9.17, 15) is 18.0 Å². The van der Waals surface area contributed by atoms with Crippen LogP contribution in [0.25, 0.3) is 0 Å². The van der Waals surface area contributed by atoms with Gasteiger partial charge < -0.3 is 5.32 Å². The van der Waals surface area contributed by atoms with Crippen LogP contribution in [-0.2, 0) is 11.0 Å². The van der Waals surface area contributed by atoms with Crippen LogP contribution in [0.5, 0.6) is 0 Å². The summed E-state index contributed by atoms with van der Waals surface area (Å²) in [5.74, 6) is -0.237. The second-order valence-electron chi connectivity index (χ2n) is 3.63. The first kappa shape index (κ1) is 13.5. The highest BCUT2D eigenvalue weighted by atomic mass is 19.4. The molecule has 0 bridgehead atoms. The molecule has 0 fully saturated rings. The number of rotatable bonds is 3. The summed E-state index contributed by atoms with van der Waals surface area (Å²) in [7, 11) is 0. The molecule has 1 aromatic rings. The van der Waals surface area contributed by atoms with Crippen LogP contribution < -0.4 is 5.32 Å². The van der Waals surface area contributed by atoms with E-state index in [1.54, 1.807) is 0 Å². The van der Waals surface area contributed by atoms with Gasteiger partial charge in [0.2, 0.25) is 5.91 Å². The molecule has 1 N–H and O–H groups in total. The molecule has 0 radical (unpaired) electrons. The van der Waals surface area contributed by atoms with Gasteiger partial charge in [0.1, 0.15) is 0 Å². The Morgan fingerprint density at radius 1 is 1.47 bits per heavy atom. The number of pyridine rings is 1. The number of alkyl halides is 3. The lowest BCUT2D eigenvalue weighted by atomic mass is 10.1. The molecular weight excluding hydrogens is 233 g/mol. The Balaban J connectivity index is 2.89. The van der Waals surface area contributed by atoms with Crippen molar-refractivity contribution in [3.05, 3.63) is 29.6 Å². The molecule has 1 heterocycles. The molecule has 0 aliphatic heterocycles. The third kappa shape index (κ3) is 3.72. The summed E-state index contributed by atoms with van der Waals surface area (Å²) >= 11 is 0. The number of amides is 1. The second kappa shape index (κ2) is 5.16. The zero-order chi connectivity index (χ0) is 13.1. The molecule has 1 aromatic heterocycles. The van der Waals surface area contributed by atoms with E-state index in [1.807, 2.05) is 6.92 Å². The van der Waals surface area contributed by atoms with E-state index in [0.717, 1.165) is 12.3 Å². The monoisotopic (exact) mass is 246 g/mol. The molecular formula is C11H13F3N2O. The van der Waals surface area contributed by atoms with Crippen LogP contribution in [0.4, 0.5) is 13.2 Å². The number of aromatic nitrogens is 1. The van der Waals surface area contributed by atoms with Crippen molar-refractivity contribution in [3.63, 3.8) is 0 Å². The third-order valence-corrected chi connectivity index (χ3v) is 2.26. The van der Waals surface area contributed by atoms with Crippen LogP contribution >= 0.6 is 0 Å². The summed E-state index contributed by atoms with van der Waals surface area (Å²) in [6.07, 6.45) is -3.04. The van der Waals surface area contributed by atoms with Crippen molar-refractivity contribution in [2.75, 3.05) is 0 Å². The van der Waals surface area contributed by atoms with Crippen LogP contribution in [0.3, 0.4) is 0 Å². The van der Waals surface area contributed by atoms with Crippen LogP contribution in [0.2, 0.25) is 0 Å². The maximum absolute atomic E-state index is 12.3. The Labute approximate surface area is 97.0 Å². The highest BCUT2D eigenvalue weighted by Gasteiger charge is 2.30. The van der Waals surface area contributed by atoms with Crippen molar-refractivity contribution in [3.8, 4) is 0 Å². The molecule has 0 spiro atoms. The summed E-state index contributed by atoms with van der Waals surface area (Å²) in [5.41, 5.74) is -0.366. The molecule has 1 rings (SSSR count). The van der Waals surface area contributed by atoms with Gasteiger partial charge in [0, 0.05) is 13.1 Å². The van der Waals surface area contributed by atoms with Crippen molar-refractivity contribution < 1.29 is 18.0 Å². The molecule has 17 heavy (non-hydrogen) atoms. The predicted molar refractivity (Wildman–Crippen MR) is 56.1 cm³/mol. The number of nitrogens with zero attached hydrogens (tertiary/aromatic N) is 1. The Morgan fingerprint density at radius 2 is 2.12 bits per heavy atom.